The van der Waals surface area contributed by atoms with Gasteiger partial charge in [0.2, 0.25) is 5.91 Å². The normalized spacial score (nSPS) is 14.8. The number of amides is 1. The van der Waals surface area contributed by atoms with Crippen LogP contribution in [0, 0.1) is 0 Å². The van der Waals surface area contributed by atoms with Crippen LogP contribution >= 0.6 is 11.8 Å². The zero-order valence-corrected chi connectivity index (χ0v) is 10.6. The van der Waals surface area contributed by atoms with E-state index in [4.69, 9.17) is 4.74 Å². The van der Waals surface area contributed by atoms with E-state index in [1.165, 1.54) is 17.3 Å². The zero-order chi connectivity index (χ0) is 13.9. The molecule has 0 saturated carbocycles. The van der Waals surface area contributed by atoms with Crippen LogP contribution in [0.2, 0.25) is 0 Å². The molecule has 1 aliphatic rings. The number of halogens is 3. The summed E-state index contributed by atoms with van der Waals surface area (Å²) in [7, 11) is 0. The molecule has 0 saturated heterocycles. The van der Waals surface area contributed by atoms with E-state index in [9.17, 15) is 18.0 Å². The van der Waals surface area contributed by atoms with E-state index in [0.717, 1.165) is 0 Å². The minimum Gasteiger partial charge on any atom is -0.489 e. The third-order valence-electron chi connectivity index (χ3n) is 2.42. The van der Waals surface area contributed by atoms with Crippen LogP contribution in [-0.4, -0.2) is 41.7 Å². The molecule has 19 heavy (non-hydrogen) atoms. The van der Waals surface area contributed by atoms with Crippen molar-refractivity contribution in [3.63, 3.8) is 0 Å². The molecule has 1 aliphatic heterocycles. The molecule has 0 bridgehead atoms. The van der Waals surface area contributed by atoms with Gasteiger partial charge in [-0.25, -0.2) is 0 Å². The van der Waals surface area contributed by atoms with Gasteiger partial charge in [-0.3, -0.25) is 9.78 Å². The minimum atomic E-state index is -4.25. The van der Waals surface area contributed by atoms with Gasteiger partial charge in [0, 0.05) is 12.3 Å². The number of fused-ring (bicyclic) bond motifs is 1. The van der Waals surface area contributed by atoms with Gasteiger partial charge in [0.25, 0.3) is 0 Å². The molecule has 4 nitrogen and oxygen atoms in total. The summed E-state index contributed by atoms with van der Waals surface area (Å²) in [6.45, 7) is 0.650. The Hall–Kier alpha value is -1.44. The predicted molar refractivity (Wildman–Crippen MR) is 65.5 cm³/mol. The van der Waals surface area contributed by atoms with E-state index in [0.29, 0.717) is 36.4 Å². The number of thioether (sulfide) groups is 1. The second-order valence-corrected chi connectivity index (χ2v) is 4.83. The van der Waals surface area contributed by atoms with Crippen molar-refractivity contribution in [3.8, 4) is 5.75 Å². The van der Waals surface area contributed by atoms with Gasteiger partial charge < -0.3 is 9.64 Å². The lowest BCUT2D eigenvalue weighted by atomic mass is 10.3. The Morgan fingerprint density at radius 2 is 2.32 bits per heavy atom. The molecule has 0 aliphatic carbocycles. The Kier molecular flexibility index (Phi) is 4.18. The van der Waals surface area contributed by atoms with E-state index in [-0.39, 0.29) is 11.7 Å². The van der Waals surface area contributed by atoms with Crippen molar-refractivity contribution in [1.29, 1.82) is 0 Å². The highest BCUT2D eigenvalue weighted by Gasteiger charge is 2.29. The second-order valence-electron chi connectivity index (χ2n) is 3.85. The van der Waals surface area contributed by atoms with Crippen LogP contribution in [0.3, 0.4) is 0 Å². The van der Waals surface area contributed by atoms with E-state index in [2.05, 4.69) is 4.98 Å². The highest BCUT2D eigenvalue weighted by atomic mass is 32.2. The SMILES string of the molecule is O=C(CSCC(F)(F)F)N1CCOc2ccncc21. The third kappa shape index (κ3) is 3.76. The highest BCUT2D eigenvalue weighted by Crippen LogP contribution is 2.30. The number of anilines is 1. The van der Waals surface area contributed by atoms with Crippen LogP contribution < -0.4 is 9.64 Å². The molecule has 0 aromatic carbocycles. The predicted octanol–water partition coefficient (Wildman–Crippen LogP) is 2.10. The molecule has 0 spiro atoms. The Morgan fingerprint density at radius 3 is 3.05 bits per heavy atom. The standard InChI is InChI=1S/C11H11F3N2O2S/c12-11(13,14)7-19-6-10(17)16-3-4-18-9-1-2-15-5-8(9)16/h1-2,5H,3-4,6-7H2. The molecule has 8 heteroatoms. The maximum atomic E-state index is 12.0. The molecule has 1 aromatic rings. The first-order valence-electron chi connectivity index (χ1n) is 5.49. The van der Waals surface area contributed by atoms with Crippen molar-refractivity contribution in [2.45, 2.75) is 6.18 Å². The van der Waals surface area contributed by atoms with Gasteiger partial charge in [-0.2, -0.15) is 13.2 Å². The van der Waals surface area contributed by atoms with E-state index in [1.54, 1.807) is 6.07 Å². The van der Waals surface area contributed by atoms with Crippen molar-refractivity contribution in [2.24, 2.45) is 0 Å². The van der Waals surface area contributed by atoms with Crippen molar-refractivity contribution < 1.29 is 22.7 Å². The molecule has 0 atom stereocenters. The van der Waals surface area contributed by atoms with Gasteiger partial charge in [0.1, 0.15) is 18.0 Å². The van der Waals surface area contributed by atoms with Crippen LogP contribution in [0.1, 0.15) is 0 Å². The maximum Gasteiger partial charge on any atom is 0.397 e. The van der Waals surface area contributed by atoms with Crippen LogP contribution in [0.5, 0.6) is 5.75 Å². The fourth-order valence-electron chi connectivity index (χ4n) is 1.66. The van der Waals surface area contributed by atoms with Crippen molar-refractivity contribution in [2.75, 3.05) is 29.6 Å². The summed E-state index contributed by atoms with van der Waals surface area (Å²) in [6, 6.07) is 1.62. The Morgan fingerprint density at radius 1 is 1.53 bits per heavy atom. The number of nitrogens with zero attached hydrogens (tertiary/aromatic N) is 2. The lowest BCUT2D eigenvalue weighted by Gasteiger charge is -2.28. The van der Waals surface area contributed by atoms with E-state index in [1.807, 2.05) is 0 Å². The number of carbonyl (C=O) groups is 1. The molecular weight excluding hydrogens is 281 g/mol. The fraction of sp³-hybridized carbons (Fsp3) is 0.455. The van der Waals surface area contributed by atoms with E-state index < -0.39 is 11.9 Å². The van der Waals surface area contributed by atoms with Crippen molar-refractivity contribution in [3.05, 3.63) is 18.5 Å². The zero-order valence-electron chi connectivity index (χ0n) is 9.81. The highest BCUT2D eigenvalue weighted by molar-refractivity contribution is 8.00. The topological polar surface area (TPSA) is 42.4 Å². The molecule has 0 unspecified atom stereocenters. The summed E-state index contributed by atoms with van der Waals surface area (Å²) in [5.74, 6) is -1.08. The monoisotopic (exact) mass is 292 g/mol. The molecular formula is C11H11F3N2O2S. The smallest absolute Gasteiger partial charge is 0.397 e. The van der Waals surface area contributed by atoms with Crippen molar-refractivity contribution >= 4 is 23.4 Å². The van der Waals surface area contributed by atoms with Gasteiger partial charge in [-0.15, -0.1) is 11.8 Å². The summed E-state index contributed by atoms with van der Waals surface area (Å²) in [5.41, 5.74) is 0.506. The summed E-state index contributed by atoms with van der Waals surface area (Å²) in [4.78, 5) is 17.2. The number of pyridine rings is 1. The Bertz CT molecular complexity index is 467. The average Bonchev–Trinajstić information content (AvgIpc) is 2.36. The molecule has 0 radical (unpaired) electrons. The summed E-state index contributed by atoms with van der Waals surface area (Å²) in [5, 5.41) is 0. The van der Waals surface area contributed by atoms with Gasteiger partial charge in [0.05, 0.1) is 24.2 Å². The Balaban J connectivity index is 1.97. The lowest BCUT2D eigenvalue weighted by molar-refractivity contribution is -0.116. The molecule has 104 valence electrons. The minimum absolute atomic E-state index is 0.214. The van der Waals surface area contributed by atoms with Gasteiger partial charge in [-0.05, 0) is 0 Å². The third-order valence-corrected chi connectivity index (χ3v) is 3.40. The summed E-state index contributed by atoms with van der Waals surface area (Å²) < 4.78 is 41.4. The molecule has 2 rings (SSSR count). The largest absolute Gasteiger partial charge is 0.489 e. The number of ether oxygens (including phenoxy) is 1. The van der Waals surface area contributed by atoms with Gasteiger partial charge in [-0.1, -0.05) is 0 Å². The molecule has 0 fully saturated rings. The number of hydrogen-bond donors (Lipinski definition) is 0. The number of carbonyl (C=O) groups excluding carboxylic acids is 1. The number of rotatable bonds is 3. The Labute approximate surface area is 111 Å². The first kappa shape index (κ1) is 14.0. The fourth-order valence-corrected chi connectivity index (χ4v) is 2.32. The van der Waals surface area contributed by atoms with Crippen molar-refractivity contribution in [1.82, 2.24) is 4.98 Å². The van der Waals surface area contributed by atoms with Crippen LogP contribution in [0.15, 0.2) is 18.5 Å². The second kappa shape index (κ2) is 5.68. The average molecular weight is 292 g/mol. The number of aromatic nitrogens is 1. The molecule has 1 amide bonds. The number of alkyl halides is 3. The summed E-state index contributed by atoms with van der Waals surface area (Å²) in [6.07, 6.45) is -1.25. The van der Waals surface area contributed by atoms with E-state index >= 15 is 0 Å². The van der Waals surface area contributed by atoms with Crippen LogP contribution in [0.25, 0.3) is 0 Å². The first-order valence-corrected chi connectivity index (χ1v) is 6.64. The molecule has 1 aromatic heterocycles. The summed E-state index contributed by atoms with van der Waals surface area (Å²) >= 11 is 0.559. The lowest BCUT2D eigenvalue weighted by Crippen LogP contribution is -2.39. The maximum absolute atomic E-state index is 12.0. The number of hydrogen-bond acceptors (Lipinski definition) is 4. The quantitative estimate of drug-likeness (QED) is 0.855. The molecule has 2 heterocycles. The van der Waals surface area contributed by atoms with Gasteiger partial charge >= 0.3 is 6.18 Å². The van der Waals surface area contributed by atoms with Gasteiger partial charge in [0.15, 0.2) is 0 Å². The van der Waals surface area contributed by atoms with Crippen LogP contribution in [0.4, 0.5) is 18.9 Å². The molecule has 0 N–H and O–H groups in total. The van der Waals surface area contributed by atoms with Crippen LogP contribution in [-0.2, 0) is 4.79 Å². The first-order chi connectivity index (χ1) is 8.97.